The molecule has 0 fully saturated rings. The van der Waals surface area contributed by atoms with Gasteiger partial charge in [0, 0.05) is 11.9 Å². The third-order valence-corrected chi connectivity index (χ3v) is 2.44. The van der Waals surface area contributed by atoms with Crippen molar-refractivity contribution >= 4 is 5.97 Å². The van der Waals surface area contributed by atoms with Crippen LogP contribution >= 0.6 is 0 Å². The summed E-state index contributed by atoms with van der Waals surface area (Å²) < 4.78 is 0. The minimum Gasteiger partial charge on any atom is -0.475 e. The molecular formula is C9H10N2O2. The van der Waals surface area contributed by atoms with Crippen molar-refractivity contribution < 1.29 is 9.90 Å². The van der Waals surface area contributed by atoms with Crippen molar-refractivity contribution in [3.63, 3.8) is 0 Å². The standard InChI is InChI=1S/C9H10N2O2/c1-5-2-3-7-6(5)4-10-8(11-7)9(12)13/h4-5H,2-3H2,1H3,(H,12,13)/t5-/m1/s1. The van der Waals surface area contributed by atoms with E-state index in [-0.39, 0.29) is 5.82 Å². The Hall–Kier alpha value is -1.45. The lowest BCUT2D eigenvalue weighted by Crippen LogP contribution is -2.06. The van der Waals surface area contributed by atoms with Crippen LogP contribution in [0.15, 0.2) is 6.20 Å². The highest BCUT2D eigenvalue weighted by atomic mass is 16.4. The number of aromatic carboxylic acids is 1. The summed E-state index contributed by atoms with van der Waals surface area (Å²) in [5.74, 6) is -0.673. The molecule has 1 aliphatic carbocycles. The molecule has 0 spiro atoms. The predicted octanol–water partition coefficient (Wildman–Crippen LogP) is 1.22. The molecule has 1 aromatic rings. The summed E-state index contributed by atoms with van der Waals surface area (Å²) in [6.07, 6.45) is 3.57. The van der Waals surface area contributed by atoms with Gasteiger partial charge in [0.1, 0.15) is 0 Å². The Bertz CT molecular complexity index is 363. The highest BCUT2D eigenvalue weighted by Crippen LogP contribution is 2.30. The highest BCUT2D eigenvalue weighted by molar-refractivity contribution is 5.83. The molecule has 1 aliphatic rings. The van der Waals surface area contributed by atoms with Crippen molar-refractivity contribution in [1.29, 1.82) is 0 Å². The lowest BCUT2D eigenvalue weighted by molar-refractivity contribution is 0.0683. The molecule has 0 aromatic carbocycles. The van der Waals surface area contributed by atoms with E-state index < -0.39 is 5.97 Å². The van der Waals surface area contributed by atoms with Crippen LogP contribution in [0.5, 0.6) is 0 Å². The van der Waals surface area contributed by atoms with Crippen LogP contribution in [0.3, 0.4) is 0 Å². The molecule has 4 nitrogen and oxygen atoms in total. The molecule has 0 saturated heterocycles. The van der Waals surface area contributed by atoms with Crippen LogP contribution in [-0.4, -0.2) is 21.0 Å². The van der Waals surface area contributed by atoms with Crippen LogP contribution < -0.4 is 0 Å². The molecule has 1 atom stereocenters. The van der Waals surface area contributed by atoms with Gasteiger partial charge in [-0.15, -0.1) is 0 Å². The van der Waals surface area contributed by atoms with E-state index in [9.17, 15) is 4.79 Å². The van der Waals surface area contributed by atoms with Crippen LogP contribution in [-0.2, 0) is 6.42 Å². The van der Waals surface area contributed by atoms with Crippen LogP contribution in [0.4, 0.5) is 0 Å². The molecule has 4 heteroatoms. The molecular weight excluding hydrogens is 168 g/mol. The highest BCUT2D eigenvalue weighted by Gasteiger charge is 2.21. The number of carboxylic acids is 1. The third-order valence-electron chi connectivity index (χ3n) is 2.44. The number of carbonyl (C=O) groups is 1. The number of aromatic nitrogens is 2. The first-order chi connectivity index (χ1) is 6.18. The fourth-order valence-electron chi connectivity index (χ4n) is 1.65. The van der Waals surface area contributed by atoms with Gasteiger partial charge >= 0.3 is 5.97 Å². The molecule has 0 bridgehead atoms. The minimum absolute atomic E-state index is 0.0900. The molecule has 0 amide bonds. The molecule has 0 unspecified atom stereocenters. The maximum Gasteiger partial charge on any atom is 0.373 e. The van der Waals surface area contributed by atoms with Gasteiger partial charge in [0.15, 0.2) is 0 Å². The molecule has 0 aliphatic heterocycles. The number of hydrogen-bond acceptors (Lipinski definition) is 3. The van der Waals surface area contributed by atoms with Crippen molar-refractivity contribution in [3.05, 3.63) is 23.3 Å². The van der Waals surface area contributed by atoms with Crippen LogP contribution in [0.2, 0.25) is 0 Å². The second-order valence-electron chi connectivity index (χ2n) is 3.34. The molecule has 68 valence electrons. The zero-order valence-electron chi connectivity index (χ0n) is 7.32. The first-order valence-electron chi connectivity index (χ1n) is 4.27. The first-order valence-corrected chi connectivity index (χ1v) is 4.27. The summed E-state index contributed by atoms with van der Waals surface area (Å²) >= 11 is 0. The zero-order chi connectivity index (χ0) is 9.42. The molecule has 1 heterocycles. The van der Waals surface area contributed by atoms with Crippen LogP contribution in [0.25, 0.3) is 0 Å². The maximum absolute atomic E-state index is 10.6. The molecule has 0 radical (unpaired) electrons. The quantitative estimate of drug-likeness (QED) is 0.702. The van der Waals surface area contributed by atoms with Gasteiger partial charge in [0.2, 0.25) is 5.82 Å². The van der Waals surface area contributed by atoms with Gasteiger partial charge in [0.25, 0.3) is 0 Å². The summed E-state index contributed by atoms with van der Waals surface area (Å²) in [6, 6.07) is 0. The van der Waals surface area contributed by atoms with Crippen molar-refractivity contribution in [2.75, 3.05) is 0 Å². The lowest BCUT2D eigenvalue weighted by Gasteiger charge is -2.02. The Morgan fingerprint density at radius 1 is 1.69 bits per heavy atom. The summed E-state index contributed by atoms with van der Waals surface area (Å²) in [5, 5.41) is 8.66. The van der Waals surface area contributed by atoms with E-state index in [2.05, 4.69) is 16.9 Å². The largest absolute Gasteiger partial charge is 0.475 e. The topological polar surface area (TPSA) is 63.1 Å². The molecule has 2 rings (SSSR count). The van der Waals surface area contributed by atoms with Crippen molar-refractivity contribution in [3.8, 4) is 0 Å². The predicted molar refractivity (Wildman–Crippen MR) is 45.7 cm³/mol. The normalized spacial score (nSPS) is 19.9. The van der Waals surface area contributed by atoms with E-state index >= 15 is 0 Å². The van der Waals surface area contributed by atoms with Gasteiger partial charge in [-0.1, -0.05) is 6.92 Å². The average molecular weight is 178 g/mol. The fourth-order valence-corrected chi connectivity index (χ4v) is 1.65. The van der Waals surface area contributed by atoms with E-state index in [4.69, 9.17) is 5.11 Å². The average Bonchev–Trinajstić information content (AvgIpc) is 2.47. The zero-order valence-corrected chi connectivity index (χ0v) is 7.32. The van der Waals surface area contributed by atoms with Crippen molar-refractivity contribution in [1.82, 2.24) is 9.97 Å². The Kier molecular flexibility index (Phi) is 1.76. The van der Waals surface area contributed by atoms with E-state index in [0.717, 1.165) is 24.1 Å². The molecule has 1 N–H and O–H groups in total. The number of carboxylic acid groups (broad SMARTS) is 1. The summed E-state index contributed by atoms with van der Waals surface area (Å²) in [6.45, 7) is 2.11. The van der Waals surface area contributed by atoms with Gasteiger partial charge in [-0.3, -0.25) is 0 Å². The Balaban J connectivity index is 2.45. The third kappa shape index (κ3) is 1.28. The SMILES string of the molecule is C[C@@H]1CCc2nc(C(=O)O)ncc21. The van der Waals surface area contributed by atoms with Crippen molar-refractivity contribution in [2.45, 2.75) is 25.7 Å². The van der Waals surface area contributed by atoms with Gasteiger partial charge in [-0.25, -0.2) is 14.8 Å². The lowest BCUT2D eigenvalue weighted by atomic mass is 10.1. The van der Waals surface area contributed by atoms with E-state index in [1.165, 1.54) is 0 Å². The molecule has 13 heavy (non-hydrogen) atoms. The van der Waals surface area contributed by atoms with Crippen molar-refractivity contribution in [2.24, 2.45) is 0 Å². The van der Waals surface area contributed by atoms with E-state index in [1.54, 1.807) is 6.20 Å². The first kappa shape index (κ1) is 8.16. The second-order valence-corrected chi connectivity index (χ2v) is 3.34. The minimum atomic E-state index is -1.05. The summed E-state index contributed by atoms with van der Waals surface area (Å²) in [5.41, 5.74) is 2.00. The Morgan fingerprint density at radius 3 is 3.15 bits per heavy atom. The van der Waals surface area contributed by atoms with E-state index in [1.807, 2.05) is 0 Å². The number of rotatable bonds is 1. The maximum atomic E-state index is 10.6. The Morgan fingerprint density at radius 2 is 2.46 bits per heavy atom. The summed E-state index contributed by atoms with van der Waals surface area (Å²) in [4.78, 5) is 18.3. The molecule has 1 aromatic heterocycles. The van der Waals surface area contributed by atoms with Gasteiger partial charge in [-0.05, 0) is 24.3 Å². The summed E-state index contributed by atoms with van der Waals surface area (Å²) in [7, 11) is 0. The monoisotopic (exact) mass is 178 g/mol. The fraction of sp³-hybridized carbons (Fsp3) is 0.444. The van der Waals surface area contributed by atoms with Crippen LogP contribution in [0, 0.1) is 0 Å². The van der Waals surface area contributed by atoms with Gasteiger partial charge in [-0.2, -0.15) is 0 Å². The van der Waals surface area contributed by atoms with Crippen LogP contribution in [0.1, 0.15) is 41.1 Å². The van der Waals surface area contributed by atoms with E-state index in [0.29, 0.717) is 5.92 Å². The molecule has 0 saturated carbocycles. The number of fused-ring (bicyclic) bond motifs is 1. The Labute approximate surface area is 75.6 Å². The van der Waals surface area contributed by atoms with Gasteiger partial charge < -0.3 is 5.11 Å². The number of aryl methyl sites for hydroxylation is 1. The smallest absolute Gasteiger partial charge is 0.373 e. The number of nitrogens with zero attached hydrogens (tertiary/aromatic N) is 2. The number of hydrogen-bond donors (Lipinski definition) is 1. The second kappa shape index (κ2) is 2.80. The van der Waals surface area contributed by atoms with Gasteiger partial charge in [0.05, 0.1) is 0 Å².